The standard InChI is InChI=1S/C7H11NO2/c1-3-5-6(4-2)7(9)8-10/h3,6H,1,4-5H2,2H3. The lowest BCUT2D eigenvalue weighted by molar-refractivity contribution is -0.121. The van der Waals surface area contributed by atoms with Gasteiger partial charge in [-0.3, -0.25) is 4.79 Å². The van der Waals surface area contributed by atoms with Gasteiger partial charge >= 0.3 is 0 Å². The fourth-order valence-electron chi connectivity index (χ4n) is 0.718. The number of hydrogen-bond acceptors (Lipinski definition) is 2. The van der Waals surface area contributed by atoms with E-state index in [0.717, 1.165) is 0 Å². The maximum atomic E-state index is 10.6. The first-order chi connectivity index (χ1) is 4.76. The van der Waals surface area contributed by atoms with Crippen LogP contribution in [-0.2, 0) is 4.79 Å². The van der Waals surface area contributed by atoms with E-state index in [4.69, 9.17) is 0 Å². The second-order valence-corrected chi connectivity index (χ2v) is 2.06. The van der Waals surface area contributed by atoms with Gasteiger partial charge in [-0.25, -0.2) is 0 Å². The van der Waals surface area contributed by atoms with E-state index in [1.807, 2.05) is 6.92 Å². The zero-order valence-electron chi connectivity index (χ0n) is 6.04. The summed E-state index contributed by atoms with van der Waals surface area (Å²) in [5, 5.41) is 2.34. The normalized spacial score (nSPS) is 12.1. The lowest BCUT2D eigenvalue weighted by atomic mass is 10.0. The largest absolute Gasteiger partial charge is 0.289 e. The Bertz CT molecular complexity index is 143. The van der Waals surface area contributed by atoms with Crippen molar-refractivity contribution in [2.75, 3.05) is 0 Å². The van der Waals surface area contributed by atoms with Crippen LogP contribution in [0.3, 0.4) is 0 Å². The highest BCUT2D eigenvalue weighted by molar-refractivity contribution is 5.79. The summed E-state index contributed by atoms with van der Waals surface area (Å²) in [5.74, 6) is -0.822. The molecule has 0 bridgehead atoms. The van der Waals surface area contributed by atoms with Crippen molar-refractivity contribution in [3.05, 3.63) is 17.6 Å². The van der Waals surface area contributed by atoms with Crippen LogP contribution in [0.15, 0.2) is 17.8 Å². The molecule has 0 heterocycles. The minimum Gasteiger partial charge on any atom is -0.269 e. The van der Waals surface area contributed by atoms with Crippen molar-refractivity contribution in [1.82, 2.24) is 0 Å². The average molecular weight is 141 g/mol. The summed E-state index contributed by atoms with van der Waals surface area (Å²) in [6.07, 6.45) is 2.81. The van der Waals surface area contributed by atoms with Crippen LogP contribution in [-0.4, -0.2) is 5.91 Å². The van der Waals surface area contributed by atoms with Crippen molar-refractivity contribution in [2.24, 2.45) is 11.1 Å². The van der Waals surface area contributed by atoms with Crippen LogP contribution >= 0.6 is 0 Å². The predicted octanol–water partition coefficient (Wildman–Crippen LogP) is 1.88. The maximum absolute atomic E-state index is 10.6. The second-order valence-electron chi connectivity index (χ2n) is 2.06. The number of amides is 1. The number of rotatable bonds is 4. The fourth-order valence-corrected chi connectivity index (χ4v) is 0.718. The second kappa shape index (κ2) is 4.85. The van der Waals surface area contributed by atoms with E-state index in [0.29, 0.717) is 12.8 Å². The Labute approximate surface area is 60.1 Å². The molecular formula is C7H11NO2. The molecule has 0 aromatic rings. The Morgan fingerprint density at radius 3 is 2.70 bits per heavy atom. The molecule has 56 valence electrons. The van der Waals surface area contributed by atoms with Crippen molar-refractivity contribution in [3.63, 3.8) is 0 Å². The third-order valence-electron chi connectivity index (χ3n) is 1.38. The molecule has 1 unspecified atom stereocenters. The Hall–Kier alpha value is -0.990. The van der Waals surface area contributed by atoms with Crippen molar-refractivity contribution < 1.29 is 4.79 Å². The van der Waals surface area contributed by atoms with Gasteiger partial charge in [-0.1, -0.05) is 13.0 Å². The molecule has 3 heteroatoms. The minimum absolute atomic E-state index is 0.255. The molecule has 0 fully saturated rings. The molecular weight excluding hydrogens is 130 g/mol. The van der Waals surface area contributed by atoms with E-state index in [1.165, 1.54) is 0 Å². The van der Waals surface area contributed by atoms with E-state index in [1.54, 1.807) is 6.08 Å². The van der Waals surface area contributed by atoms with Gasteiger partial charge < -0.3 is 0 Å². The van der Waals surface area contributed by atoms with Gasteiger partial charge in [-0.05, 0) is 12.8 Å². The van der Waals surface area contributed by atoms with Gasteiger partial charge in [0.15, 0.2) is 0 Å². The molecule has 0 rings (SSSR count). The molecule has 1 amide bonds. The first kappa shape index (κ1) is 9.01. The number of nitroso groups, excluding NO2 is 1. The highest BCUT2D eigenvalue weighted by atomic mass is 16.3. The third-order valence-corrected chi connectivity index (χ3v) is 1.38. The average Bonchev–Trinajstić information content (AvgIpc) is 1.99. The van der Waals surface area contributed by atoms with Gasteiger partial charge in [0.2, 0.25) is 0 Å². The number of carbonyl (C=O) groups is 1. The lowest BCUT2D eigenvalue weighted by Gasteiger charge is -2.02. The molecule has 0 aromatic carbocycles. The SMILES string of the molecule is C=CCC(CC)C(=O)N=O. The van der Waals surface area contributed by atoms with Crippen LogP contribution in [0.4, 0.5) is 0 Å². The third kappa shape index (κ3) is 2.53. The number of allylic oxidation sites excluding steroid dienone is 1. The van der Waals surface area contributed by atoms with Crippen LogP contribution < -0.4 is 0 Å². The summed E-state index contributed by atoms with van der Waals surface area (Å²) in [7, 11) is 0. The Balaban J connectivity index is 3.91. The fraction of sp³-hybridized carbons (Fsp3) is 0.571. The molecule has 0 aliphatic carbocycles. The highest BCUT2D eigenvalue weighted by Gasteiger charge is 2.14. The van der Waals surface area contributed by atoms with E-state index in [-0.39, 0.29) is 5.92 Å². The Morgan fingerprint density at radius 2 is 2.40 bits per heavy atom. The van der Waals surface area contributed by atoms with Crippen LogP contribution in [0.5, 0.6) is 0 Å². The van der Waals surface area contributed by atoms with Crippen molar-refractivity contribution >= 4 is 5.91 Å². The van der Waals surface area contributed by atoms with Crippen LogP contribution in [0.25, 0.3) is 0 Å². The summed E-state index contributed by atoms with van der Waals surface area (Å²) in [6.45, 7) is 5.31. The lowest BCUT2D eigenvalue weighted by Crippen LogP contribution is -2.08. The van der Waals surface area contributed by atoms with Crippen molar-refractivity contribution in [1.29, 1.82) is 0 Å². The zero-order chi connectivity index (χ0) is 7.98. The molecule has 0 saturated carbocycles. The van der Waals surface area contributed by atoms with Crippen LogP contribution in [0, 0.1) is 10.8 Å². The number of nitrogens with zero attached hydrogens (tertiary/aromatic N) is 1. The van der Waals surface area contributed by atoms with E-state index in [9.17, 15) is 9.70 Å². The Morgan fingerprint density at radius 1 is 1.80 bits per heavy atom. The van der Waals surface area contributed by atoms with Crippen molar-refractivity contribution in [3.8, 4) is 0 Å². The molecule has 10 heavy (non-hydrogen) atoms. The van der Waals surface area contributed by atoms with Gasteiger partial charge in [0.25, 0.3) is 5.91 Å². The van der Waals surface area contributed by atoms with Gasteiger partial charge in [-0.15, -0.1) is 11.5 Å². The van der Waals surface area contributed by atoms with E-state index >= 15 is 0 Å². The number of carbonyl (C=O) groups excluding carboxylic acids is 1. The quantitative estimate of drug-likeness (QED) is 0.443. The smallest absolute Gasteiger partial charge is 0.269 e. The van der Waals surface area contributed by atoms with Gasteiger partial charge in [0, 0.05) is 11.1 Å². The summed E-state index contributed by atoms with van der Waals surface area (Å²) in [5.41, 5.74) is 0. The summed E-state index contributed by atoms with van der Waals surface area (Å²) in [4.78, 5) is 20.4. The molecule has 0 spiro atoms. The highest BCUT2D eigenvalue weighted by Crippen LogP contribution is 2.09. The van der Waals surface area contributed by atoms with Crippen LogP contribution in [0.2, 0.25) is 0 Å². The first-order valence-electron chi connectivity index (χ1n) is 3.24. The van der Waals surface area contributed by atoms with E-state index < -0.39 is 5.91 Å². The molecule has 0 saturated heterocycles. The summed E-state index contributed by atoms with van der Waals surface area (Å²) < 4.78 is 0. The molecule has 3 nitrogen and oxygen atoms in total. The molecule has 1 atom stereocenters. The summed E-state index contributed by atoms with van der Waals surface area (Å²) in [6, 6.07) is 0. The van der Waals surface area contributed by atoms with E-state index in [2.05, 4.69) is 11.8 Å². The molecule has 0 N–H and O–H groups in total. The van der Waals surface area contributed by atoms with Crippen molar-refractivity contribution in [2.45, 2.75) is 19.8 Å². The van der Waals surface area contributed by atoms with Crippen LogP contribution in [0.1, 0.15) is 19.8 Å². The van der Waals surface area contributed by atoms with Gasteiger partial charge in [-0.2, -0.15) is 0 Å². The molecule has 0 aliphatic heterocycles. The minimum atomic E-state index is -0.567. The summed E-state index contributed by atoms with van der Waals surface area (Å²) >= 11 is 0. The first-order valence-corrected chi connectivity index (χ1v) is 3.24. The molecule has 0 aliphatic rings. The topological polar surface area (TPSA) is 46.5 Å². The predicted molar refractivity (Wildman–Crippen MR) is 39.4 cm³/mol. The Kier molecular flexibility index (Phi) is 4.37. The maximum Gasteiger partial charge on any atom is 0.289 e. The number of hydrogen-bond donors (Lipinski definition) is 0. The zero-order valence-corrected chi connectivity index (χ0v) is 6.04. The molecule has 0 radical (unpaired) electrons. The molecule has 0 aromatic heterocycles. The van der Waals surface area contributed by atoms with Gasteiger partial charge in [0.05, 0.1) is 0 Å². The monoisotopic (exact) mass is 141 g/mol. The van der Waals surface area contributed by atoms with Gasteiger partial charge in [0.1, 0.15) is 0 Å².